The number of nitrogens with zero attached hydrogens (tertiary/aromatic N) is 3. The van der Waals surface area contributed by atoms with Crippen LogP contribution in [-0.4, -0.2) is 48.9 Å². The average Bonchev–Trinajstić information content (AvgIpc) is 2.58. The maximum atomic E-state index is 4.39. The summed E-state index contributed by atoms with van der Waals surface area (Å²) >= 11 is 3.56. The van der Waals surface area contributed by atoms with E-state index in [1.807, 2.05) is 13.2 Å². The van der Waals surface area contributed by atoms with E-state index < -0.39 is 0 Å². The molecule has 5 heteroatoms. The van der Waals surface area contributed by atoms with Crippen molar-refractivity contribution in [1.82, 2.24) is 20.0 Å². The van der Waals surface area contributed by atoms with E-state index in [4.69, 9.17) is 0 Å². The molecule has 0 saturated carbocycles. The maximum Gasteiger partial charge on any atom is 0.0635 e. The minimum atomic E-state index is 0.952. The molecule has 1 N–H and O–H groups in total. The number of rotatable bonds is 7. The van der Waals surface area contributed by atoms with Crippen LogP contribution in [0.2, 0.25) is 0 Å². The molecule has 0 aliphatic carbocycles. The average molecular weight is 289 g/mol. The highest BCUT2D eigenvalue weighted by molar-refractivity contribution is 9.10. The number of aromatic nitrogens is 2. The normalized spacial score (nSPS) is 11.3. The molecular weight excluding hydrogens is 268 g/mol. The lowest BCUT2D eigenvalue weighted by Gasteiger charge is -2.12. The Morgan fingerprint density at radius 2 is 2.25 bits per heavy atom. The quantitative estimate of drug-likeness (QED) is 0.769. The fraction of sp³-hybridized carbons (Fsp3) is 0.727. The van der Waals surface area contributed by atoms with Gasteiger partial charge in [-0.3, -0.25) is 4.68 Å². The third-order valence-electron chi connectivity index (χ3n) is 2.50. The van der Waals surface area contributed by atoms with Crippen molar-refractivity contribution in [3.8, 4) is 0 Å². The molecule has 0 atom stereocenters. The largest absolute Gasteiger partial charge is 0.320 e. The molecule has 0 saturated heterocycles. The van der Waals surface area contributed by atoms with Gasteiger partial charge in [0.2, 0.25) is 0 Å². The summed E-state index contributed by atoms with van der Waals surface area (Å²) in [4.78, 5) is 2.17. The van der Waals surface area contributed by atoms with E-state index in [9.17, 15) is 0 Å². The molecule has 0 amide bonds. The summed E-state index contributed by atoms with van der Waals surface area (Å²) in [5, 5.41) is 7.56. The molecule has 0 unspecified atom stereocenters. The predicted octanol–water partition coefficient (Wildman–Crippen LogP) is 1.36. The molecule has 0 bridgehead atoms. The van der Waals surface area contributed by atoms with Gasteiger partial charge in [-0.15, -0.1) is 0 Å². The Balaban J connectivity index is 2.55. The lowest BCUT2D eigenvalue weighted by molar-refractivity contribution is 0.369. The van der Waals surface area contributed by atoms with E-state index in [2.05, 4.69) is 50.0 Å². The maximum absolute atomic E-state index is 4.39. The molecule has 0 spiro atoms. The molecule has 1 rings (SSSR count). The summed E-state index contributed by atoms with van der Waals surface area (Å²) < 4.78 is 3.22. The van der Waals surface area contributed by atoms with Crippen LogP contribution in [0.3, 0.4) is 0 Å². The van der Waals surface area contributed by atoms with E-state index in [0.29, 0.717) is 0 Å². The van der Waals surface area contributed by atoms with Crippen molar-refractivity contribution in [1.29, 1.82) is 0 Å². The lowest BCUT2D eigenvalue weighted by Crippen LogP contribution is -2.20. The lowest BCUT2D eigenvalue weighted by atomic mass is 10.2. The zero-order valence-electron chi connectivity index (χ0n) is 10.3. The minimum absolute atomic E-state index is 0.952. The fourth-order valence-electron chi connectivity index (χ4n) is 1.56. The van der Waals surface area contributed by atoms with Gasteiger partial charge in [0, 0.05) is 6.54 Å². The molecule has 92 valence electrons. The van der Waals surface area contributed by atoms with E-state index in [0.717, 1.165) is 36.9 Å². The van der Waals surface area contributed by atoms with E-state index in [1.165, 1.54) is 5.69 Å². The summed E-state index contributed by atoms with van der Waals surface area (Å²) in [5.74, 6) is 0. The number of hydrogen-bond acceptors (Lipinski definition) is 3. The van der Waals surface area contributed by atoms with Gasteiger partial charge in [-0.05, 0) is 56.5 Å². The Bertz CT molecular complexity index is 309. The van der Waals surface area contributed by atoms with Crippen molar-refractivity contribution in [3.05, 3.63) is 16.4 Å². The fourth-order valence-corrected chi connectivity index (χ4v) is 2.05. The molecule has 0 radical (unpaired) electrons. The molecule has 1 aromatic rings. The topological polar surface area (TPSA) is 33.1 Å². The molecular formula is C11H21BrN4. The van der Waals surface area contributed by atoms with Crippen LogP contribution < -0.4 is 5.32 Å². The minimum Gasteiger partial charge on any atom is -0.320 e. The molecule has 16 heavy (non-hydrogen) atoms. The highest BCUT2D eigenvalue weighted by atomic mass is 79.9. The van der Waals surface area contributed by atoms with E-state index >= 15 is 0 Å². The highest BCUT2D eigenvalue weighted by Gasteiger charge is 2.08. The first-order chi connectivity index (χ1) is 7.65. The Kier molecular flexibility index (Phi) is 6.01. The molecule has 0 fully saturated rings. The zero-order chi connectivity index (χ0) is 12.0. The molecule has 0 aliphatic rings. The van der Waals surface area contributed by atoms with Crippen LogP contribution in [0.1, 0.15) is 12.1 Å². The van der Waals surface area contributed by atoms with Crippen molar-refractivity contribution in [3.63, 3.8) is 0 Å². The summed E-state index contributed by atoms with van der Waals surface area (Å²) in [5.41, 5.74) is 1.30. The summed E-state index contributed by atoms with van der Waals surface area (Å²) in [6.07, 6.45) is 4.10. The Morgan fingerprint density at radius 3 is 2.88 bits per heavy atom. The summed E-state index contributed by atoms with van der Waals surface area (Å²) in [7, 11) is 6.15. The van der Waals surface area contributed by atoms with Crippen LogP contribution in [0.25, 0.3) is 0 Å². The van der Waals surface area contributed by atoms with Crippen molar-refractivity contribution in [2.45, 2.75) is 19.4 Å². The second-order valence-electron chi connectivity index (χ2n) is 4.17. The van der Waals surface area contributed by atoms with Gasteiger partial charge in [0.15, 0.2) is 0 Å². The highest BCUT2D eigenvalue weighted by Crippen LogP contribution is 2.17. The van der Waals surface area contributed by atoms with Gasteiger partial charge in [0.05, 0.1) is 22.9 Å². The van der Waals surface area contributed by atoms with Gasteiger partial charge < -0.3 is 10.2 Å². The summed E-state index contributed by atoms with van der Waals surface area (Å²) in [6.45, 7) is 3.02. The standard InChI is InChI=1S/C11H21BrN4/c1-13-6-4-5-11-10(12)9-14-16(11)8-7-15(2)3/h9,13H,4-8H2,1-3H3. The van der Waals surface area contributed by atoms with Gasteiger partial charge in [0.25, 0.3) is 0 Å². The number of nitrogens with one attached hydrogen (secondary N) is 1. The monoisotopic (exact) mass is 288 g/mol. The second kappa shape index (κ2) is 7.04. The predicted molar refractivity (Wildman–Crippen MR) is 70.7 cm³/mol. The SMILES string of the molecule is CNCCCc1c(Br)cnn1CCN(C)C. The van der Waals surface area contributed by atoms with Crippen molar-refractivity contribution in [2.75, 3.05) is 34.2 Å². The first-order valence-electron chi connectivity index (χ1n) is 5.64. The Morgan fingerprint density at radius 1 is 1.50 bits per heavy atom. The van der Waals surface area contributed by atoms with Gasteiger partial charge in [0.1, 0.15) is 0 Å². The zero-order valence-corrected chi connectivity index (χ0v) is 11.9. The second-order valence-corrected chi connectivity index (χ2v) is 5.03. The van der Waals surface area contributed by atoms with Crippen LogP contribution in [0, 0.1) is 0 Å². The van der Waals surface area contributed by atoms with Crippen LogP contribution in [0.5, 0.6) is 0 Å². The number of halogens is 1. The summed E-state index contributed by atoms with van der Waals surface area (Å²) in [6, 6.07) is 0. The Labute approximate surface area is 106 Å². The van der Waals surface area contributed by atoms with Crippen LogP contribution in [0.4, 0.5) is 0 Å². The van der Waals surface area contributed by atoms with Crippen molar-refractivity contribution < 1.29 is 0 Å². The van der Waals surface area contributed by atoms with Crippen molar-refractivity contribution in [2.24, 2.45) is 0 Å². The molecule has 0 aliphatic heterocycles. The van der Waals surface area contributed by atoms with Crippen molar-refractivity contribution >= 4 is 15.9 Å². The molecule has 1 heterocycles. The number of likely N-dealkylation sites (N-methyl/N-ethyl adjacent to an activating group) is 1. The molecule has 0 aromatic carbocycles. The van der Waals surface area contributed by atoms with Gasteiger partial charge in [-0.2, -0.15) is 5.10 Å². The van der Waals surface area contributed by atoms with Crippen LogP contribution in [-0.2, 0) is 13.0 Å². The van der Waals surface area contributed by atoms with Gasteiger partial charge in [-0.25, -0.2) is 0 Å². The van der Waals surface area contributed by atoms with E-state index in [1.54, 1.807) is 0 Å². The molecule has 4 nitrogen and oxygen atoms in total. The van der Waals surface area contributed by atoms with E-state index in [-0.39, 0.29) is 0 Å². The smallest absolute Gasteiger partial charge is 0.0635 e. The third kappa shape index (κ3) is 4.23. The van der Waals surface area contributed by atoms with Crippen LogP contribution in [0.15, 0.2) is 10.7 Å². The number of hydrogen-bond donors (Lipinski definition) is 1. The third-order valence-corrected chi connectivity index (χ3v) is 3.16. The first-order valence-corrected chi connectivity index (χ1v) is 6.44. The van der Waals surface area contributed by atoms with Gasteiger partial charge >= 0.3 is 0 Å². The molecule has 1 aromatic heterocycles. The first kappa shape index (κ1) is 13.7. The van der Waals surface area contributed by atoms with Crippen LogP contribution >= 0.6 is 15.9 Å². The van der Waals surface area contributed by atoms with Gasteiger partial charge in [-0.1, -0.05) is 0 Å². The Hall–Kier alpha value is -0.390.